The third-order valence-electron chi connectivity index (χ3n) is 2.97. The van der Waals surface area contributed by atoms with Crippen molar-refractivity contribution in [2.45, 2.75) is 31.6 Å². The van der Waals surface area contributed by atoms with Crippen LogP contribution in [0.4, 0.5) is 0 Å². The third kappa shape index (κ3) is 2.72. The molecule has 1 aromatic rings. The lowest BCUT2D eigenvalue weighted by molar-refractivity contribution is -0.143. The maximum Gasteiger partial charge on any atom is 0.313 e. The van der Waals surface area contributed by atoms with Gasteiger partial charge in [-0.2, -0.15) is 0 Å². The van der Waals surface area contributed by atoms with Gasteiger partial charge in [-0.15, -0.1) is 6.58 Å². The first-order valence-electron chi connectivity index (χ1n) is 5.51. The second kappa shape index (κ2) is 5.50. The van der Waals surface area contributed by atoms with Gasteiger partial charge in [-0.1, -0.05) is 36.4 Å². The van der Waals surface area contributed by atoms with Gasteiger partial charge in [-0.25, -0.2) is 0 Å². The molecule has 0 bridgehead atoms. The molecule has 0 radical (unpaired) electrons. The molecule has 1 N–H and O–H groups in total. The second-order valence-electron chi connectivity index (χ2n) is 4.18. The van der Waals surface area contributed by atoms with Crippen molar-refractivity contribution in [1.82, 2.24) is 0 Å². The lowest BCUT2D eigenvalue weighted by Crippen LogP contribution is -2.32. The Hall–Kier alpha value is -1.57. The quantitative estimate of drug-likeness (QED) is 0.587. The van der Waals surface area contributed by atoms with E-state index in [0.717, 1.165) is 18.4 Å². The number of unbranched alkanes of at least 4 members (excludes halogenated alkanes) is 1. The van der Waals surface area contributed by atoms with Gasteiger partial charge in [0.15, 0.2) is 0 Å². The van der Waals surface area contributed by atoms with Gasteiger partial charge in [0, 0.05) is 0 Å². The molecule has 0 aliphatic heterocycles. The number of aliphatic carboxylic acids is 1. The summed E-state index contributed by atoms with van der Waals surface area (Å²) in [5.74, 6) is -0.761. The highest BCUT2D eigenvalue weighted by molar-refractivity contribution is 5.80. The molecule has 0 aromatic heterocycles. The molecule has 0 unspecified atom stereocenters. The predicted octanol–water partition coefficient (Wildman–Crippen LogP) is 3.39. The lowest BCUT2D eigenvalue weighted by atomic mass is 9.78. The van der Waals surface area contributed by atoms with Gasteiger partial charge in [0.2, 0.25) is 0 Å². The first-order valence-corrected chi connectivity index (χ1v) is 5.51. The Bertz CT molecular complexity index is 356. The zero-order valence-electron chi connectivity index (χ0n) is 9.65. The van der Waals surface area contributed by atoms with E-state index in [1.807, 2.05) is 36.4 Å². The van der Waals surface area contributed by atoms with Gasteiger partial charge in [0.1, 0.15) is 0 Å². The molecule has 0 amide bonds. The van der Waals surface area contributed by atoms with Crippen molar-refractivity contribution in [2.75, 3.05) is 0 Å². The van der Waals surface area contributed by atoms with E-state index in [1.165, 1.54) is 0 Å². The Morgan fingerprint density at radius 3 is 2.56 bits per heavy atom. The Labute approximate surface area is 96.6 Å². The molecule has 0 saturated heterocycles. The molecular formula is C14H18O2. The molecule has 0 saturated carbocycles. The van der Waals surface area contributed by atoms with Crippen molar-refractivity contribution in [3.05, 3.63) is 48.6 Å². The highest BCUT2D eigenvalue weighted by Crippen LogP contribution is 2.29. The fraction of sp³-hybridized carbons (Fsp3) is 0.357. The summed E-state index contributed by atoms with van der Waals surface area (Å²) in [6.07, 6.45) is 4.17. The molecule has 0 spiro atoms. The molecule has 0 aliphatic rings. The number of carbonyl (C=O) groups is 1. The fourth-order valence-electron chi connectivity index (χ4n) is 1.78. The van der Waals surface area contributed by atoms with Crippen LogP contribution < -0.4 is 0 Å². The Morgan fingerprint density at radius 1 is 1.44 bits per heavy atom. The molecule has 0 fully saturated rings. The number of rotatable bonds is 6. The summed E-state index contributed by atoms with van der Waals surface area (Å²) in [6, 6.07) is 9.41. The maximum absolute atomic E-state index is 11.4. The predicted molar refractivity (Wildman–Crippen MR) is 65.5 cm³/mol. The van der Waals surface area contributed by atoms with Crippen molar-refractivity contribution in [3.63, 3.8) is 0 Å². The first kappa shape index (κ1) is 12.5. The van der Waals surface area contributed by atoms with E-state index in [9.17, 15) is 9.90 Å². The molecule has 1 aromatic carbocycles. The zero-order chi connectivity index (χ0) is 12.0. The van der Waals surface area contributed by atoms with E-state index in [1.54, 1.807) is 6.92 Å². The van der Waals surface area contributed by atoms with Crippen molar-refractivity contribution < 1.29 is 9.90 Å². The average molecular weight is 218 g/mol. The number of allylic oxidation sites excluding steroid dienone is 1. The molecule has 1 atom stereocenters. The van der Waals surface area contributed by atoms with E-state index in [2.05, 4.69) is 6.58 Å². The summed E-state index contributed by atoms with van der Waals surface area (Å²) in [4.78, 5) is 11.4. The molecule has 2 heteroatoms. The summed E-state index contributed by atoms with van der Waals surface area (Å²) in [5, 5.41) is 9.36. The Balaban J connectivity index is 2.89. The topological polar surface area (TPSA) is 37.3 Å². The Morgan fingerprint density at radius 2 is 2.06 bits per heavy atom. The smallest absolute Gasteiger partial charge is 0.313 e. The summed E-state index contributed by atoms with van der Waals surface area (Å²) in [6.45, 7) is 5.44. The van der Waals surface area contributed by atoms with Crippen LogP contribution in [-0.2, 0) is 10.2 Å². The Kier molecular flexibility index (Phi) is 4.29. The van der Waals surface area contributed by atoms with E-state index < -0.39 is 11.4 Å². The number of benzene rings is 1. The monoisotopic (exact) mass is 218 g/mol. The average Bonchev–Trinajstić information content (AvgIpc) is 2.30. The minimum Gasteiger partial charge on any atom is -0.481 e. The molecule has 86 valence electrons. The fourth-order valence-corrected chi connectivity index (χ4v) is 1.78. The number of hydrogen-bond donors (Lipinski definition) is 1. The van der Waals surface area contributed by atoms with Crippen LogP contribution in [0.1, 0.15) is 31.7 Å². The maximum atomic E-state index is 11.4. The third-order valence-corrected chi connectivity index (χ3v) is 2.97. The van der Waals surface area contributed by atoms with Gasteiger partial charge in [0.05, 0.1) is 5.41 Å². The van der Waals surface area contributed by atoms with Gasteiger partial charge >= 0.3 is 5.97 Å². The van der Waals surface area contributed by atoms with Crippen LogP contribution in [0, 0.1) is 0 Å². The molecule has 0 aliphatic carbocycles. The van der Waals surface area contributed by atoms with Crippen LogP contribution in [0.3, 0.4) is 0 Å². The second-order valence-corrected chi connectivity index (χ2v) is 4.18. The highest BCUT2D eigenvalue weighted by atomic mass is 16.4. The van der Waals surface area contributed by atoms with Gasteiger partial charge in [-0.05, 0) is 31.7 Å². The summed E-state index contributed by atoms with van der Waals surface area (Å²) >= 11 is 0. The van der Waals surface area contributed by atoms with Gasteiger partial charge in [0.25, 0.3) is 0 Å². The van der Waals surface area contributed by atoms with Crippen molar-refractivity contribution >= 4 is 5.97 Å². The molecule has 16 heavy (non-hydrogen) atoms. The minimum atomic E-state index is -0.787. The van der Waals surface area contributed by atoms with Crippen LogP contribution in [0.25, 0.3) is 0 Å². The number of carboxylic acid groups (broad SMARTS) is 1. The number of carboxylic acids is 1. The van der Waals surface area contributed by atoms with Crippen molar-refractivity contribution in [3.8, 4) is 0 Å². The van der Waals surface area contributed by atoms with Crippen LogP contribution in [0.15, 0.2) is 43.0 Å². The van der Waals surface area contributed by atoms with Crippen LogP contribution >= 0.6 is 0 Å². The van der Waals surface area contributed by atoms with Crippen LogP contribution in [0.2, 0.25) is 0 Å². The normalized spacial score (nSPS) is 14.1. The summed E-state index contributed by atoms with van der Waals surface area (Å²) < 4.78 is 0. The van der Waals surface area contributed by atoms with E-state index in [4.69, 9.17) is 0 Å². The van der Waals surface area contributed by atoms with Crippen molar-refractivity contribution in [1.29, 1.82) is 0 Å². The largest absolute Gasteiger partial charge is 0.481 e. The molecule has 2 nitrogen and oxygen atoms in total. The highest BCUT2D eigenvalue weighted by Gasteiger charge is 2.34. The number of hydrogen-bond acceptors (Lipinski definition) is 1. The van der Waals surface area contributed by atoms with Gasteiger partial charge < -0.3 is 5.11 Å². The molecular weight excluding hydrogens is 200 g/mol. The zero-order valence-corrected chi connectivity index (χ0v) is 9.65. The van der Waals surface area contributed by atoms with Crippen LogP contribution in [0.5, 0.6) is 0 Å². The first-order chi connectivity index (χ1) is 7.61. The van der Waals surface area contributed by atoms with Gasteiger partial charge in [-0.3, -0.25) is 4.79 Å². The minimum absolute atomic E-state index is 0.637. The SMILES string of the molecule is C=CCCC[C@](C)(C(=O)O)c1ccccc1. The van der Waals surface area contributed by atoms with E-state index in [-0.39, 0.29) is 0 Å². The van der Waals surface area contributed by atoms with Crippen LogP contribution in [-0.4, -0.2) is 11.1 Å². The molecule has 1 rings (SSSR count). The van der Waals surface area contributed by atoms with E-state index >= 15 is 0 Å². The molecule has 0 heterocycles. The lowest BCUT2D eigenvalue weighted by Gasteiger charge is -2.25. The standard InChI is InChI=1S/C14H18O2/c1-3-4-8-11-14(2,13(15)16)12-9-6-5-7-10-12/h3,5-7,9-10H,1,4,8,11H2,2H3,(H,15,16)/t14-/m0/s1. The van der Waals surface area contributed by atoms with E-state index in [0.29, 0.717) is 6.42 Å². The summed E-state index contributed by atoms with van der Waals surface area (Å²) in [5.41, 5.74) is 0.0798. The summed E-state index contributed by atoms with van der Waals surface area (Å²) in [7, 11) is 0. The van der Waals surface area contributed by atoms with Crippen molar-refractivity contribution in [2.24, 2.45) is 0 Å².